The van der Waals surface area contributed by atoms with Gasteiger partial charge in [0.25, 0.3) is 0 Å². The zero-order valence-electron chi connectivity index (χ0n) is 48.5. The van der Waals surface area contributed by atoms with Crippen molar-refractivity contribution in [3.05, 3.63) is 106 Å². The van der Waals surface area contributed by atoms with E-state index in [9.17, 15) is 19.2 Å². The lowest BCUT2D eigenvalue weighted by Gasteiger charge is -2.37. The number of H-pyrrole nitrogens is 2. The number of amides is 4. The highest BCUT2D eigenvalue weighted by molar-refractivity contribution is 5.90. The van der Waals surface area contributed by atoms with Gasteiger partial charge in [0.2, 0.25) is 11.8 Å². The smallest absolute Gasteiger partial charge is 0.407 e. The number of benzene rings is 4. The van der Waals surface area contributed by atoms with Gasteiger partial charge in [0.15, 0.2) is 0 Å². The Kier molecular flexibility index (Phi) is 14.9. The fraction of sp³-hybridized carbons (Fsp3) is 0.545. The highest BCUT2D eigenvalue weighted by Crippen LogP contribution is 2.52. The molecule has 4 aromatic carbocycles. The lowest BCUT2D eigenvalue weighted by atomic mass is 9.84. The Morgan fingerprint density at radius 2 is 0.939 bits per heavy atom. The molecule has 8 aliphatic carbocycles. The summed E-state index contributed by atoms with van der Waals surface area (Å²) in [5.41, 5.74) is 16.9. The van der Waals surface area contributed by atoms with Crippen LogP contribution in [0.15, 0.2) is 60.7 Å². The summed E-state index contributed by atoms with van der Waals surface area (Å²) in [6.07, 6.45) is 15.7. The molecule has 16 nitrogen and oxygen atoms in total. The number of imidazole rings is 2. The summed E-state index contributed by atoms with van der Waals surface area (Å²) in [7, 11) is 5.75. The van der Waals surface area contributed by atoms with E-state index in [0.717, 1.165) is 149 Å². The second-order valence-corrected chi connectivity index (χ2v) is 25.0. The van der Waals surface area contributed by atoms with Gasteiger partial charge in [-0.3, -0.25) is 9.59 Å². The van der Waals surface area contributed by atoms with Crippen LogP contribution < -0.4 is 10.6 Å². The van der Waals surface area contributed by atoms with Crippen LogP contribution in [0.25, 0.3) is 44.3 Å². The number of carbonyl (C=O) groups is 4. The van der Waals surface area contributed by atoms with Crippen molar-refractivity contribution < 1.29 is 38.1 Å². The molecule has 2 saturated heterocycles. The first-order valence-corrected chi connectivity index (χ1v) is 30.6. The Labute approximate surface area is 480 Å². The second kappa shape index (κ2) is 22.4. The van der Waals surface area contributed by atoms with E-state index in [1.807, 2.05) is 23.6 Å². The summed E-state index contributed by atoms with van der Waals surface area (Å²) in [5.74, 6) is 2.93. The van der Waals surface area contributed by atoms with Crippen molar-refractivity contribution in [2.24, 2.45) is 11.8 Å². The van der Waals surface area contributed by atoms with Crippen LogP contribution in [0, 0.1) is 11.8 Å². The number of fused-ring (bicyclic) bond motifs is 4. The van der Waals surface area contributed by atoms with Crippen molar-refractivity contribution in [1.82, 2.24) is 40.4 Å². The van der Waals surface area contributed by atoms with Gasteiger partial charge in [-0.25, -0.2) is 19.6 Å². The molecule has 6 aromatic rings. The van der Waals surface area contributed by atoms with E-state index < -0.39 is 36.5 Å². The molecule has 6 fully saturated rings. The molecule has 2 aromatic heterocycles. The number of hydrogen-bond donors (Lipinski definition) is 4. The number of aromatic amines is 2. The number of aromatic nitrogens is 4. The highest BCUT2D eigenvalue weighted by atomic mass is 16.5. The molecule has 4 bridgehead atoms. The van der Waals surface area contributed by atoms with Gasteiger partial charge in [0, 0.05) is 26.3 Å². The molecule has 0 radical (unpaired) electrons. The minimum Gasteiger partial charge on any atom is -0.453 e. The topological polar surface area (TPSA) is 193 Å². The molecule has 10 aliphatic rings. The number of aryl methyl sites for hydroxylation is 4. The maximum absolute atomic E-state index is 14.8. The first-order chi connectivity index (χ1) is 39.9. The van der Waals surface area contributed by atoms with Crippen molar-refractivity contribution in [2.75, 3.05) is 28.4 Å². The third kappa shape index (κ3) is 10.2. The van der Waals surface area contributed by atoms with E-state index in [-0.39, 0.29) is 36.0 Å². The summed E-state index contributed by atoms with van der Waals surface area (Å²) in [5, 5.41) is 5.60. The molecular weight excluding hydrogens is 1030 g/mol. The molecule has 16 rings (SSSR count). The molecule has 0 spiro atoms. The quantitative estimate of drug-likeness (QED) is 0.0816. The van der Waals surface area contributed by atoms with Crippen LogP contribution >= 0.6 is 0 Å². The van der Waals surface area contributed by atoms with Crippen molar-refractivity contribution in [1.29, 1.82) is 0 Å². The van der Waals surface area contributed by atoms with Gasteiger partial charge in [-0.1, -0.05) is 62.1 Å². The summed E-state index contributed by atoms with van der Waals surface area (Å²) in [4.78, 5) is 77.1. The molecule has 0 unspecified atom stereocenters. The Morgan fingerprint density at radius 3 is 1.33 bits per heavy atom. The van der Waals surface area contributed by atoms with Crippen LogP contribution in [-0.4, -0.2) is 119 Å². The second-order valence-electron chi connectivity index (χ2n) is 25.0. The standard InChI is InChI=1S/C66H80N8O8/c1-35(79-3)59(71-65(77)81-5)63(75)73-55-13-9-7-11-43(55)29-57(73)61-67-51-31-47(41-23-24-41)49(33-53(51)69-61)45-27-37-15-19-39(45)21-17-38-16-20-40(22-18-37)46(28-38)50-34-54-52(32-48(50)42-25-26-42)68-62(70-54)58-30-44-12-8-10-14-56(44)74(58)64(76)60(36(2)80-4)72-66(78)82-6/h15-16,19-20,27-28,31-36,41-44,55-60H,7-14,17-18,21-26,29-30H2,1-6H3,(H,67,69)(H,68,70)(H,71,77)(H,72,78)/t35-,36-,43+,44+,55+,56+,57+,58+,59+,60+/m1/s1. The van der Waals surface area contributed by atoms with Gasteiger partial charge in [-0.2, -0.15) is 0 Å². The van der Waals surface area contributed by atoms with Crippen molar-refractivity contribution in [3.8, 4) is 22.3 Å². The SMILES string of the molecule is COC(=O)N[C@H](C(=O)N1[C@H](c2nc3cc(-c4cc5ccc4CCc4ccc(c(-c6cc7nc([C@@H]8C[C@@H]9CCCC[C@@H]9N8C(=O)[C@@H](NC(=O)OC)[C@@H](C)OC)[nH]c7cc6C6CC6)c4)CC5)c(C4CC4)cc3[nH]2)C[C@@H]2CCCC[C@@H]21)[C@@H](C)OC. The average molecular weight is 1110 g/mol. The highest BCUT2D eigenvalue weighted by Gasteiger charge is 2.51. The molecular formula is C66H80N8O8. The number of likely N-dealkylation sites (tertiary alicyclic amines) is 2. The van der Waals surface area contributed by atoms with Gasteiger partial charge in [0.1, 0.15) is 23.7 Å². The van der Waals surface area contributed by atoms with Crippen molar-refractivity contribution in [3.63, 3.8) is 0 Å². The zero-order chi connectivity index (χ0) is 56.5. The lowest BCUT2D eigenvalue weighted by Crippen LogP contribution is -2.56. The van der Waals surface area contributed by atoms with Crippen LogP contribution in [0.2, 0.25) is 0 Å². The average Bonchev–Trinajstić information content (AvgIpc) is 4.04. The molecule has 4 N–H and O–H groups in total. The van der Waals surface area contributed by atoms with Gasteiger partial charge in [-0.15, -0.1) is 0 Å². The number of nitrogens with zero attached hydrogens (tertiary/aromatic N) is 4. The molecule has 4 amide bonds. The Bertz CT molecular complexity index is 3210. The van der Waals surface area contributed by atoms with E-state index in [2.05, 4.69) is 81.3 Å². The van der Waals surface area contributed by atoms with Crippen LogP contribution in [0.4, 0.5) is 9.59 Å². The van der Waals surface area contributed by atoms with Gasteiger partial charge >= 0.3 is 12.2 Å². The summed E-state index contributed by atoms with van der Waals surface area (Å²) in [6, 6.07) is 21.5. The number of ether oxygens (including phenoxy) is 4. The van der Waals surface area contributed by atoms with Crippen LogP contribution in [-0.2, 0) is 54.2 Å². The molecule has 2 aliphatic heterocycles. The fourth-order valence-electron chi connectivity index (χ4n) is 15.3. The third-order valence-electron chi connectivity index (χ3n) is 20.1. The molecule has 16 heteroatoms. The fourth-order valence-corrected chi connectivity index (χ4v) is 15.3. The number of hydrogen-bond acceptors (Lipinski definition) is 10. The number of methoxy groups -OCH3 is 4. The van der Waals surface area contributed by atoms with E-state index in [0.29, 0.717) is 23.7 Å². The number of carbonyl (C=O) groups excluding carboxylic acids is 4. The monoisotopic (exact) mass is 1110 g/mol. The van der Waals surface area contributed by atoms with E-state index in [1.165, 1.54) is 69.9 Å². The first kappa shape index (κ1) is 54.5. The van der Waals surface area contributed by atoms with Crippen molar-refractivity contribution >= 4 is 46.1 Å². The van der Waals surface area contributed by atoms with Gasteiger partial charge < -0.3 is 49.3 Å². The predicted octanol–water partition coefficient (Wildman–Crippen LogP) is 11.6. The Hall–Kier alpha value is -6.78. The first-order valence-electron chi connectivity index (χ1n) is 30.6. The summed E-state index contributed by atoms with van der Waals surface area (Å²) < 4.78 is 21.3. The zero-order valence-corrected chi connectivity index (χ0v) is 48.5. The van der Waals surface area contributed by atoms with Crippen LogP contribution in [0.5, 0.6) is 0 Å². The normalized spacial score (nSPS) is 24.8. The maximum Gasteiger partial charge on any atom is 0.407 e. The van der Waals surface area contributed by atoms with E-state index in [1.54, 1.807) is 14.2 Å². The lowest BCUT2D eigenvalue weighted by molar-refractivity contribution is -0.141. The van der Waals surface area contributed by atoms with Gasteiger partial charge in [-0.05, 0) is 207 Å². The molecule has 82 heavy (non-hydrogen) atoms. The predicted molar refractivity (Wildman–Crippen MR) is 313 cm³/mol. The molecule has 4 saturated carbocycles. The van der Waals surface area contributed by atoms with Crippen LogP contribution in [0.1, 0.15) is 173 Å². The molecule has 10 atom stereocenters. The van der Waals surface area contributed by atoms with Crippen molar-refractivity contribution in [2.45, 2.75) is 190 Å². The van der Waals surface area contributed by atoms with E-state index in [4.69, 9.17) is 28.9 Å². The van der Waals surface area contributed by atoms with Gasteiger partial charge in [0.05, 0.1) is 60.6 Å². The Balaban J connectivity index is 0.812. The summed E-state index contributed by atoms with van der Waals surface area (Å²) >= 11 is 0. The third-order valence-corrected chi connectivity index (χ3v) is 20.1. The number of alkyl carbamates (subject to hydrolysis) is 2. The number of rotatable bonds is 14. The minimum absolute atomic E-state index is 0.0586. The maximum atomic E-state index is 14.8. The molecule has 432 valence electrons. The number of nitrogens with one attached hydrogen (secondary N) is 4. The summed E-state index contributed by atoms with van der Waals surface area (Å²) in [6.45, 7) is 3.62. The minimum atomic E-state index is -0.904. The largest absolute Gasteiger partial charge is 0.453 e. The molecule has 4 heterocycles. The van der Waals surface area contributed by atoms with E-state index >= 15 is 0 Å². The van der Waals surface area contributed by atoms with Crippen LogP contribution in [0.3, 0.4) is 0 Å². The Morgan fingerprint density at radius 1 is 0.524 bits per heavy atom.